The number of carbonyl (C=O) groups is 2. The van der Waals surface area contributed by atoms with Crippen molar-refractivity contribution in [3.63, 3.8) is 0 Å². The highest BCUT2D eigenvalue weighted by molar-refractivity contribution is 5.94. The molecule has 1 heterocycles. The molecule has 6 heteroatoms. The van der Waals surface area contributed by atoms with Crippen LogP contribution in [-0.4, -0.2) is 18.6 Å². The van der Waals surface area contributed by atoms with Crippen molar-refractivity contribution in [3.05, 3.63) is 46.9 Å². The zero-order chi connectivity index (χ0) is 14.7. The lowest BCUT2D eigenvalue weighted by molar-refractivity contribution is -0.139. The van der Waals surface area contributed by atoms with E-state index >= 15 is 0 Å². The Bertz CT molecular complexity index is 566. The monoisotopic (exact) mass is 278 g/mol. The first-order valence-electron chi connectivity index (χ1n) is 6.23. The molecule has 0 unspecified atom stereocenters. The first-order valence-corrected chi connectivity index (χ1v) is 6.23. The van der Waals surface area contributed by atoms with Gasteiger partial charge in [0.1, 0.15) is 5.82 Å². The molecule has 2 amide bonds. The molecule has 1 aromatic rings. The molecule has 1 aliphatic rings. The largest absolute Gasteiger partial charge is 0.463 e. The van der Waals surface area contributed by atoms with Crippen molar-refractivity contribution in [1.29, 1.82) is 0 Å². The van der Waals surface area contributed by atoms with E-state index in [1.165, 1.54) is 24.3 Å². The quantitative estimate of drug-likeness (QED) is 0.831. The maximum Gasteiger partial charge on any atom is 0.338 e. The van der Waals surface area contributed by atoms with Gasteiger partial charge in [-0.3, -0.25) is 0 Å². The van der Waals surface area contributed by atoms with Crippen LogP contribution < -0.4 is 10.6 Å². The third-order valence-corrected chi connectivity index (χ3v) is 2.97. The number of carbonyl (C=O) groups excluding carboxylic acids is 2. The molecule has 2 rings (SSSR count). The molecular formula is C14H15FN2O3. The van der Waals surface area contributed by atoms with E-state index in [4.69, 9.17) is 4.74 Å². The zero-order valence-electron chi connectivity index (χ0n) is 11.2. The molecule has 0 aliphatic carbocycles. The van der Waals surface area contributed by atoms with Crippen LogP contribution in [0.5, 0.6) is 0 Å². The lowest BCUT2D eigenvalue weighted by Gasteiger charge is -2.28. The minimum atomic E-state index is -0.650. The molecule has 20 heavy (non-hydrogen) atoms. The smallest absolute Gasteiger partial charge is 0.338 e. The van der Waals surface area contributed by atoms with Gasteiger partial charge < -0.3 is 15.4 Å². The van der Waals surface area contributed by atoms with Gasteiger partial charge in [0.25, 0.3) is 0 Å². The van der Waals surface area contributed by atoms with Crippen LogP contribution in [0.1, 0.15) is 25.5 Å². The lowest BCUT2D eigenvalue weighted by Crippen LogP contribution is -2.45. The van der Waals surface area contributed by atoms with Crippen molar-refractivity contribution in [2.75, 3.05) is 6.61 Å². The van der Waals surface area contributed by atoms with Crippen molar-refractivity contribution >= 4 is 12.0 Å². The molecule has 106 valence electrons. The molecule has 0 spiro atoms. The summed E-state index contributed by atoms with van der Waals surface area (Å²) in [6.07, 6.45) is 0. The summed E-state index contributed by atoms with van der Waals surface area (Å²) in [6.45, 7) is 3.57. The van der Waals surface area contributed by atoms with Gasteiger partial charge in [-0.15, -0.1) is 0 Å². The molecule has 0 saturated heterocycles. The fourth-order valence-electron chi connectivity index (χ4n) is 2.08. The maximum absolute atomic E-state index is 13.0. The van der Waals surface area contributed by atoms with E-state index in [-0.39, 0.29) is 12.4 Å². The molecule has 0 saturated carbocycles. The van der Waals surface area contributed by atoms with E-state index < -0.39 is 18.0 Å². The number of halogens is 1. The minimum absolute atomic E-state index is 0.236. The molecular weight excluding hydrogens is 263 g/mol. The molecule has 1 atom stereocenters. The van der Waals surface area contributed by atoms with Crippen LogP contribution in [-0.2, 0) is 9.53 Å². The van der Waals surface area contributed by atoms with Gasteiger partial charge in [-0.2, -0.15) is 0 Å². The van der Waals surface area contributed by atoms with Gasteiger partial charge in [0.05, 0.1) is 18.2 Å². The van der Waals surface area contributed by atoms with Crippen LogP contribution in [0.3, 0.4) is 0 Å². The Balaban J connectivity index is 2.41. The predicted molar refractivity (Wildman–Crippen MR) is 70.1 cm³/mol. The van der Waals surface area contributed by atoms with Crippen LogP contribution in [0, 0.1) is 5.82 Å². The van der Waals surface area contributed by atoms with Gasteiger partial charge in [-0.25, -0.2) is 14.0 Å². The minimum Gasteiger partial charge on any atom is -0.463 e. The summed E-state index contributed by atoms with van der Waals surface area (Å²) in [7, 11) is 0. The van der Waals surface area contributed by atoms with Gasteiger partial charge in [0.2, 0.25) is 0 Å². The average molecular weight is 278 g/mol. The Hall–Kier alpha value is -2.37. The molecule has 0 aromatic heterocycles. The van der Waals surface area contributed by atoms with Crippen molar-refractivity contribution in [2.45, 2.75) is 19.9 Å². The molecule has 1 aromatic carbocycles. The molecule has 1 aliphatic heterocycles. The van der Waals surface area contributed by atoms with Crippen molar-refractivity contribution in [1.82, 2.24) is 10.6 Å². The summed E-state index contributed by atoms with van der Waals surface area (Å²) in [4.78, 5) is 23.6. The topological polar surface area (TPSA) is 67.4 Å². The first-order chi connectivity index (χ1) is 9.52. The van der Waals surface area contributed by atoms with Crippen LogP contribution in [0.4, 0.5) is 9.18 Å². The second kappa shape index (κ2) is 5.73. The second-order valence-electron chi connectivity index (χ2n) is 4.34. The number of hydrogen-bond acceptors (Lipinski definition) is 3. The maximum atomic E-state index is 13.0. The average Bonchev–Trinajstić information content (AvgIpc) is 2.38. The Morgan fingerprint density at radius 3 is 2.60 bits per heavy atom. The standard InChI is InChI=1S/C14H15FN2O3/c1-3-20-13(18)11-8(2)16-14(19)17-12(11)9-4-6-10(15)7-5-9/h4-7,12H,3H2,1-2H3,(H2,16,17,19)/t12-/m0/s1. The van der Waals surface area contributed by atoms with Crippen molar-refractivity contribution < 1.29 is 18.7 Å². The van der Waals surface area contributed by atoms with Gasteiger partial charge in [-0.1, -0.05) is 12.1 Å². The first kappa shape index (κ1) is 14.0. The van der Waals surface area contributed by atoms with Crippen LogP contribution in [0.2, 0.25) is 0 Å². The number of hydrogen-bond donors (Lipinski definition) is 2. The highest BCUT2D eigenvalue weighted by atomic mass is 19.1. The predicted octanol–water partition coefficient (Wildman–Crippen LogP) is 2.02. The Labute approximate surface area is 115 Å². The van der Waals surface area contributed by atoms with Gasteiger partial charge >= 0.3 is 12.0 Å². The van der Waals surface area contributed by atoms with E-state index in [0.717, 1.165) is 0 Å². The summed E-state index contributed by atoms with van der Waals surface area (Å²) < 4.78 is 18.0. The van der Waals surface area contributed by atoms with Crippen molar-refractivity contribution in [2.24, 2.45) is 0 Å². The summed E-state index contributed by atoms with van der Waals surface area (Å²) >= 11 is 0. The van der Waals surface area contributed by atoms with Gasteiger partial charge in [-0.05, 0) is 31.5 Å². The van der Waals surface area contributed by atoms with Crippen LogP contribution in [0.25, 0.3) is 0 Å². The SMILES string of the molecule is CCOC(=O)C1=C(C)NC(=O)N[C@H]1c1ccc(F)cc1. The van der Waals surface area contributed by atoms with E-state index in [1.807, 2.05) is 0 Å². The summed E-state index contributed by atoms with van der Waals surface area (Å²) in [5.41, 5.74) is 1.36. The van der Waals surface area contributed by atoms with Gasteiger partial charge in [0, 0.05) is 5.70 Å². The number of amides is 2. The number of allylic oxidation sites excluding steroid dienone is 1. The molecule has 5 nitrogen and oxygen atoms in total. The fraction of sp³-hybridized carbons (Fsp3) is 0.286. The molecule has 0 radical (unpaired) electrons. The Kier molecular flexibility index (Phi) is 4.02. The third kappa shape index (κ3) is 2.79. The lowest BCUT2D eigenvalue weighted by atomic mass is 9.95. The normalized spacial score (nSPS) is 18.4. The van der Waals surface area contributed by atoms with E-state index in [2.05, 4.69) is 10.6 Å². The number of nitrogens with one attached hydrogen (secondary N) is 2. The Morgan fingerprint density at radius 2 is 2.00 bits per heavy atom. The highest BCUT2D eigenvalue weighted by Gasteiger charge is 2.31. The molecule has 0 fully saturated rings. The molecule has 2 N–H and O–H groups in total. The number of ether oxygens (including phenoxy) is 1. The van der Waals surface area contributed by atoms with E-state index in [1.54, 1.807) is 13.8 Å². The summed E-state index contributed by atoms with van der Waals surface area (Å²) in [5, 5.41) is 5.18. The van der Waals surface area contributed by atoms with E-state index in [0.29, 0.717) is 16.8 Å². The second-order valence-corrected chi connectivity index (χ2v) is 4.34. The number of benzene rings is 1. The number of urea groups is 1. The summed E-state index contributed by atoms with van der Waals surface area (Å²) in [6, 6.07) is 4.55. The Morgan fingerprint density at radius 1 is 1.35 bits per heavy atom. The van der Waals surface area contributed by atoms with Crippen molar-refractivity contribution in [3.8, 4) is 0 Å². The molecule has 0 bridgehead atoms. The third-order valence-electron chi connectivity index (χ3n) is 2.97. The highest BCUT2D eigenvalue weighted by Crippen LogP contribution is 2.27. The van der Waals surface area contributed by atoms with E-state index in [9.17, 15) is 14.0 Å². The van der Waals surface area contributed by atoms with Gasteiger partial charge in [0.15, 0.2) is 0 Å². The van der Waals surface area contributed by atoms with Crippen LogP contribution >= 0.6 is 0 Å². The number of esters is 1. The summed E-state index contributed by atoms with van der Waals surface area (Å²) in [5.74, 6) is -0.890. The zero-order valence-corrected chi connectivity index (χ0v) is 11.2. The fourth-order valence-corrected chi connectivity index (χ4v) is 2.08. The number of rotatable bonds is 3. The van der Waals surface area contributed by atoms with Crippen LogP contribution in [0.15, 0.2) is 35.5 Å².